The van der Waals surface area contributed by atoms with Crippen molar-refractivity contribution in [3.8, 4) is 17.3 Å². The van der Waals surface area contributed by atoms with Gasteiger partial charge in [-0.05, 0) is 6.07 Å². The van der Waals surface area contributed by atoms with Crippen LogP contribution in [-0.2, 0) is 0 Å². The van der Waals surface area contributed by atoms with Gasteiger partial charge in [-0.25, -0.2) is 0 Å². The number of aromatic nitrogens is 4. The monoisotopic (exact) mass is 226 g/mol. The molecule has 2 aromatic heterocycles. The molecule has 0 saturated carbocycles. The summed E-state index contributed by atoms with van der Waals surface area (Å²) < 4.78 is 4.97. The van der Waals surface area contributed by atoms with Crippen LogP contribution in [0.3, 0.4) is 0 Å². The van der Waals surface area contributed by atoms with Gasteiger partial charge in [-0.2, -0.15) is 10.1 Å². The highest BCUT2D eigenvalue weighted by Crippen LogP contribution is 2.26. The van der Waals surface area contributed by atoms with Crippen LogP contribution in [0.2, 0.25) is 0 Å². The highest BCUT2D eigenvalue weighted by Gasteiger charge is 2.08. The van der Waals surface area contributed by atoms with Crippen molar-refractivity contribution in [3.63, 3.8) is 0 Å². The van der Waals surface area contributed by atoms with Crippen molar-refractivity contribution in [3.05, 3.63) is 36.7 Å². The quantitative estimate of drug-likeness (QED) is 0.726. The van der Waals surface area contributed by atoms with Crippen molar-refractivity contribution in [1.29, 1.82) is 0 Å². The molecule has 17 heavy (non-hydrogen) atoms. The molecule has 0 saturated heterocycles. The number of nitrogens with one attached hydrogen (secondary N) is 1. The predicted molar refractivity (Wildman–Crippen MR) is 63.7 cm³/mol. The van der Waals surface area contributed by atoms with Gasteiger partial charge in [-0.15, -0.1) is 0 Å². The number of para-hydroxylation sites is 1. The fraction of sp³-hybridized carbons (Fsp3) is 0.0833. The van der Waals surface area contributed by atoms with Gasteiger partial charge in [0.25, 0.3) is 0 Å². The van der Waals surface area contributed by atoms with E-state index in [9.17, 15) is 0 Å². The van der Waals surface area contributed by atoms with E-state index < -0.39 is 0 Å². The molecule has 0 aliphatic rings. The number of aromatic amines is 1. The van der Waals surface area contributed by atoms with Gasteiger partial charge in [0.1, 0.15) is 0 Å². The lowest BCUT2D eigenvalue weighted by molar-refractivity contribution is 0.374. The summed E-state index contributed by atoms with van der Waals surface area (Å²) in [5.41, 5.74) is 2.81. The van der Waals surface area contributed by atoms with Gasteiger partial charge in [0.15, 0.2) is 0 Å². The summed E-state index contributed by atoms with van der Waals surface area (Å²) in [7, 11) is 1.52. The van der Waals surface area contributed by atoms with E-state index in [0.29, 0.717) is 0 Å². The normalized spacial score (nSPS) is 10.6. The first-order valence-corrected chi connectivity index (χ1v) is 5.18. The Morgan fingerprint density at radius 2 is 2.12 bits per heavy atom. The van der Waals surface area contributed by atoms with Crippen LogP contribution in [0.25, 0.3) is 22.2 Å². The zero-order valence-electron chi connectivity index (χ0n) is 9.21. The molecule has 0 atom stereocenters. The van der Waals surface area contributed by atoms with Crippen LogP contribution in [0.5, 0.6) is 6.01 Å². The number of methoxy groups -OCH3 is 1. The van der Waals surface area contributed by atoms with E-state index >= 15 is 0 Å². The van der Waals surface area contributed by atoms with Gasteiger partial charge in [-0.1, -0.05) is 23.3 Å². The van der Waals surface area contributed by atoms with E-state index in [1.165, 1.54) is 7.11 Å². The second-order valence-corrected chi connectivity index (χ2v) is 3.58. The first kappa shape index (κ1) is 9.77. The van der Waals surface area contributed by atoms with E-state index in [-0.39, 0.29) is 6.01 Å². The molecule has 0 bridgehead atoms. The molecule has 0 aliphatic carbocycles. The standard InChI is InChI=1S/C12H10N4O/c1-17-12-15-11(7-14-16-12)9-6-13-10-5-3-2-4-8(9)10/h2-7,13H,1H3. The molecule has 0 aliphatic heterocycles. The van der Waals surface area contributed by atoms with Gasteiger partial charge in [0, 0.05) is 22.7 Å². The Bertz CT molecular complexity index is 662. The van der Waals surface area contributed by atoms with E-state index in [2.05, 4.69) is 20.2 Å². The molecule has 1 aromatic carbocycles. The van der Waals surface area contributed by atoms with E-state index in [4.69, 9.17) is 4.74 Å². The van der Waals surface area contributed by atoms with Gasteiger partial charge in [-0.3, -0.25) is 0 Å². The Kier molecular flexibility index (Phi) is 2.22. The maximum absolute atomic E-state index is 4.97. The van der Waals surface area contributed by atoms with Crippen molar-refractivity contribution in [2.75, 3.05) is 7.11 Å². The fourth-order valence-corrected chi connectivity index (χ4v) is 1.79. The summed E-state index contributed by atoms with van der Waals surface area (Å²) in [4.78, 5) is 7.46. The van der Waals surface area contributed by atoms with Crippen LogP contribution in [0.1, 0.15) is 0 Å². The van der Waals surface area contributed by atoms with Crippen LogP contribution in [0.15, 0.2) is 36.7 Å². The second-order valence-electron chi connectivity index (χ2n) is 3.58. The number of hydrogen-bond acceptors (Lipinski definition) is 4. The lowest BCUT2D eigenvalue weighted by Crippen LogP contribution is -1.95. The van der Waals surface area contributed by atoms with Gasteiger partial charge in [0.2, 0.25) is 0 Å². The maximum atomic E-state index is 4.97. The molecule has 5 heteroatoms. The fourth-order valence-electron chi connectivity index (χ4n) is 1.79. The smallest absolute Gasteiger partial charge is 0.335 e. The molecular formula is C12H10N4O. The second kappa shape index (κ2) is 3.86. The number of H-pyrrole nitrogens is 1. The molecule has 0 radical (unpaired) electrons. The molecule has 2 heterocycles. The Morgan fingerprint density at radius 1 is 1.24 bits per heavy atom. The average Bonchev–Trinajstić information content (AvgIpc) is 2.82. The van der Waals surface area contributed by atoms with E-state index in [1.807, 2.05) is 30.5 Å². The number of nitrogens with zero attached hydrogens (tertiary/aromatic N) is 3. The third-order valence-corrected chi connectivity index (χ3v) is 2.59. The number of fused-ring (bicyclic) bond motifs is 1. The highest BCUT2D eigenvalue weighted by molar-refractivity contribution is 5.94. The minimum atomic E-state index is 0.271. The zero-order valence-corrected chi connectivity index (χ0v) is 9.21. The molecule has 0 unspecified atom stereocenters. The molecule has 5 nitrogen and oxygen atoms in total. The van der Waals surface area contributed by atoms with Gasteiger partial charge < -0.3 is 9.72 Å². The van der Waals surface area contributed by atoms with Crippen molar-refractivity contribution < 1.29 is 4.74 Å². The molecule has 3 rings (SSSR count). The van der Waals surface area contributed by atoms with Crippen molar-refractivity contribution >= 4 is 10.9 Å². The van der Waals surface area contributed by atoms with Crippen LogP contribution in [-0.4, -0.2) is 27.3 Å². The first-order chi connectivity index (χ1) is 8.38. The van der Waals surface area contributed by atoms with Crippen molar-refractivity contribution in [2.24, 2.45) is 0 Å². The van der Waals surface area contributed by atoms with E-state index in [0.717, 1.165) is 22.2 Å². The Labute approximate surface area is 97.5 Å². The summed E-state index contributed by atoms with van der Waals surface area (Å²) in [6.45, 7) is 0. The summed E-state index contributed by atoms with van der Waals surface area (Å²) in [6.07, 6.45) is 3.53. The third kappa shape index (κ3) is 1.61. The molecule has 3 aromatic rings. The molecular weight excluding hydrogens is 216 g/mol. The molecule has 0 fully saturated rings. The van der Waals surface area contributed by atoms with Gasteiger partial charge >= 0.3 is 6.01 Å². The van der Waals surface area contributed by atoms with Crippen LogP contribution >= 0.6 is 0 Å². The number of rotatable bonds is 2. The minimum Gasteiger partial charge on any atom is -0.466 e. The minimum absolute atomic E-state index is 0.271. The molecule has 1 N–H and O–H groups in total. The van der Waals surface area contributed by atoms with Crippen molar-refractivity contribution in [1.82, 2.24) is 20.2 Å². The zero-order chi connectivity index (χ0) is 11.7. The maximum Gasteiger partial charge on any atom is 0.335 e. The lowest BCUT2D eigenvalue weighted by atomic mass is 10.1. The molecule has 84 valence electrons. The summed E-state index contributed by atoms with van der Waals surface area (Å²) in [6, 6.07) is 8.31. The number of hydrogen-bond donors (Lipinski definition) is 1. The summed E-state index contributed by atoms with van der Waals surface area (Å²) in [5, 5.41) is 8.73. The summed E-state index contributed by atoms with van der Waals surface area (Å²) in [5.74, 6) is 0. The topological polar surface area (TPSA) is 63.7 Å². The van der Waals surface area contributed by atoms with Crippen LogP contribution < -0.4 is 4.74 Å². The Hall–Kier alpha value is -2.43. The molecule has 0 spiro atoms. The number of benzene rings is 1. The van der Waals surface area contributed by atoms with Crippen LogP contribution in [0.4, 0.5) is 0 Å². The van der Waals surface area contributed by atoms with Crippen LogP contribution in [0, 0.1) is 0 Å². The predicted octanol–water partition coefficient (Wildman–Crippen LogP) is 2.03. The third-order valence-electron chi connectivity index (χ3n) is 2.59. The van der Waals surface area contributed by atoms with Gasteiger partial charge in [0.05, 0.1) is 19.0 Å². The average molecular weight is 226 g/mol. The number of ether oxygens (including phenoxy) is 1. The molecule has 0 amide bonds. The van der Waals surface area contributed by atoms with Crippen molar-refractivity contribution in [2.45, 2.75) is 0 Å². The largest absolute Gasteiger partial charge is 0.466 e. The van der Waals surface area contributed by atoms with E-state index in [1.54, 1.807) is 6.20 Å². The Balaban J connectivity index is 2.20. The first-order valence-electron chi connectivity index (χ1n) is 5.18. The SMILES string of the molecule is COc1nncc(-c2c[nH]c3ccccc23)n1. The highest BCUT2D eigenvalue weighted by atomic mass is 16.5. The lowest BCUT2D eigenvalue weighted by Gasteiger charge is -2.00. The summed E-state index contributed by atoms with van der Waals surface area (Å²) >= 11 is 0. The Morgan fingerprint density at radius 3 is 3.00 bits per heavy atom.